The van der Waals surface area contributed by atoms with E-state index in [2.05, 4.69) is 16.9 Å². The lowest BCUT2D eigenvalue weighted by Gasteiger charge is -2.02. The third-order valence-electron chi connectivity index (χ3n) is 2.50. The third kappa shape index (κ3) is 7.03. The molecule has 0 heterocycles. The standard InChI is InChI=1S/C15H18O4/c1-18-14(16)10-11-15(17)19-12-6-5-9-13-7-3-2-4-8-13/h2-4,7-8,10-11H,5-6,9,12H2,1H3/b11-10+. The normalized spacial score (nSPS) is 10.4. The maximum Gasteiger partial charge on any atom is 0.331 e. The number of methoxy groups -OCH3 is 1. The van der Waals surface area contributed by atoms with Gasteiger partial charge in [0.05, 0.1) is 13.7 Å². The van der Waals surface area contributed by atoms with Gasteiger partial charge in [-0.15, -0.1) is 0 Å². The van der Waals surface area contributed by atoms with Crippen LogP contribution in [-0.4, -0.2) is 25.7 Å². The molecule has 0 saturated heterocycles. The van der Waals surface area contributed by atoms with E-state index in [1.807, 2.05) is 18.2 Å². The number of unbranched alkanes of at least 4 members (excludes halogenated alkanes) is 1. The van der Waals surface area contributed by atoms with Crippen LogP contribution in [0.15, 0.2) is 42.5 Å². The van der Waals surface area contributed by atoms with Gasteiger partial charge in [-0.1, -0.05) is 30.3 Å². The highest BCUT2D eigenvalue weighted by Gasteiger charge is 1.99. The number of hydrogen-bond acceptors (Lipinski definition) is 4. The summed E-state index contributed by atoms with van der Waals surface area (Å²) >= 11 is 0. The molecule has 4 nitrogen and oxygen atoms in total. The summed E-state index contributed by atoms with van der Waals surface area (Å²) in [7, 11) is 1.25. The summed E-state index contributed by atoms with van der Waals surface area (Å²) in [5.74, 6) is -1.09. The molecule has 0 aliphatic heterocycles. The van der Waals surface area contributed by atoms with Crippen molar-refractivity contribution in [2.45, 2.75) is 19.3 Å². The van der Waals surface area contributed by atoms with Gasteiger partial charge in [-0.3, -0.25) is 0 Å². The summed E-state index contributed by atoms with van der Waals surface area (Å²) in [6.45, 7) is 0.358. The number of benzene rings is 1. The van der Waals surface area contributed by atoms with E-state index in [4.69, 9.17) is 4.74 Å². The monoisotopic (exact) mass is 262 g/mol. The molecule has 0 spiro atoms. The highest BCUT2D eigenvalue weighted by molar-refractivity contribution is 5.91. The first-order chi connectivity index (χ1) is 9.22. The predicted molar refractivity (Wildman–Crippen MR) is 71.5 cm³/mol. The van der Waals surface area contributed by atoms with Crippen LogP contribution in [0.4, 0.5) is 0 Å². The molecule has 0 amide bonds. The molecule has 1 rings (SSSR count). The lowest BCUT2D eigenvalue weighted by Crippen LogP contribution is -2.04. The Labute approximate surface area is 113 Å². The molecule has 0 aromatic heterocycles. The minimum Gasteiger partial charge on any atom is -0.466 e. The van der Waals surface area contributed by atoms with Gasteiger partial charge in [0, 0.05) is 12.2 Å². The molecule has 1 aromatic rings. The Hall–Kier alpha value is -2.10. The quantitative estimate of drug-likeness (QED) is 0.430. The Balaban J connectivity index is 2.09. The van der Waals surface area contributed by atoms with Crippen molar-refractivity contribution < 1.29 is 19.1 Å². The summed E-state index contributed by atoms with van der Waals surface area (Å²) in [4.78, 5) is 21.9. The largest absolute Gasteiger partial charge is 0.466 e. The first kappa shape index (κ1) is 15.0. The van der Waals surface area contributed by atoms with Crippen molar-refractivity contribution in [2.24, 2.45) is 0 Å². The van der Waals surface area contributed by atoms with Crippen LogP contribution in [0.2, 0.25) is 0 Å². The third-order valence-corrected chi connectivity index (χ3v) is 2.50. The second-order valence-corrected chi connectivity index (χ2v) is 3.97. The van der Waals surface area contributed by atoms with Crippen molar-refractivity contribution in [2.75, 3.05) is 13.7 Å². The van der Waals surface area contributed by atoms with E-state index in [1.165, 1.54) is 12.7 Å². The Morgan fingerprint density at radius 1 is 1.05 bits per heavy atom. The average molecular weight is 262 g/mol. The molecule has 102 valence electrons. The van der Waals surface area contributed by atoms with E-state index in [0.29, 0.717) is 6.61 Å². The van der Waals surface area contributed by atoms with Gasteiger partial charge in [0.15, 0.2) is 0 Å². The number of hydrogen-bond donors (Lipinski definition) is 0. The summed E-state index contributed by atoms with van der Waals surface area (Å²) < 4.78 is 9.30. The van der Waals surface area contributed by atoms with Crippen LogP contribution in [0.1, 0.15) is 18.4 Å². The molecule has 4 heteroatoms. The maximum atomic E-state index is 11.2. The SMILES string of the molecule is COC(=O)/C=C/C(=O)OCCCCc1ccccc1. The summed E-state index contributed by atoms with van der Waals surface area (Å²) in [5.41, 5.74) is 1.28. The van der Waals surface area contributed by atoms with Gasteiger partial charge in [-0.05, 0) is 24.8 Å². The van der Waals surface area contributed by atoms with Crippen LogP contribution in [-0.2, 0) is 25.5 Å². The van der Waals surface area contributed by atoms with Crippen molar-refractivity contribution in [3.8, 4) is 0 Å². The number of ether oxygens (including phenoxy) is 2. The zero-order valence-electron chi connectivity index (χ0n) is 11.0. The Kier molecular flexibility index (Phi) is 7.02. The Morgan fingerprint density at radius 3 is 2.42 bits per heavy atom. The van der Waals surface area contributed by atoms with Crippen LogP contribution in [0.5, 0.6) is 0 Å². The van der Waals surface area contributed by atoms with Gasteiger partial charge in [0.25, 0.3) is 0 Å². The van der Waals surface area contributed by atoms with Gasteiger partial charge >= 0.3 is 11.9 Å². The summed E-state index contributed by atoms with van der Waals surface area (Å²) in [5, 5.41) is 0. The molecule has 0 atom stereocenters. The minimum atomic E-state index is -0.568. The van der Waals surface area contributed by atoms with Crippen molar-refractivity contribution in [1.82, 2.24) is 0 Å². The zero-order chi connectivity index (χ0) is 13.9. The lowest BCUT2D eigenvalue weighted by molar-refractivity contribution is -0.139. The van der Waals surface area contributed by atoms with E-state index in [1.54, 1.807) is 0 Å². The van der Waals surface area contributed by atoms with Crippen LogP contribution in [0, 0.1) is 0 Å². The van der Waals surface area contributed by atoms with Gasteiger partial charge in [-0.25, -0.2) is 9.59 Å². The maximum absolute atomic E-state index is 11.2. The molecule has 0 aliphatic carbocycles. The second-order valence-electron chi connectivity index (χ2n) is 3.97. The van der Waals surface area contributed by atoms with E-state index in [9.17, 15) is 9.59 Å². The number of rotatable bonds is 7. The molecule has 1 aromatic carbocycles. The first-order valence-corrected chi connectivity index (χ1v) is 6.19. The Morgan fingerprint density at radius 2 is 1.74 bits per heavy atom. The van der Waals surface area contributed by atoms with Crippen molar-refractivity contribution in [3.05, 3.63) is 48.0 Å². The molecule has 0 N–H and O–H groups in total. The zero-order valence-corrected chi connectivity index (χ0v) is 11.0. The fourth-order valence-corrected chi connectivity index (χ4v) is 1.50. The fraction of sp³-hybridized carbons (Fsp3) is 0.333. The molecular weight excluding hydrogens is 244 g/mol. The molecule has 0 bridgehead atoms. The van der Waals surface area contributed by atoms with E-state index < -0.39 is 11.9 Å². The summed E-state index contributed by atoms with van der Waals surface area (Å²) in [6, 6.07) is 10.1. The van der Waals surface area contributed by atoms with Crippen LogP contribution in [0.3, 0.4) is 0 Å². The van der Waals surface area contributed by atoms with Gasteiger partial charge in [0.2, 0.25) is 0 Å². The van der Waals surface area contributed by atoms with Crippen LogP contribution < -0.4 is 0 Å². The number of carbonyl (C=O) groups is 2. The minimum absolute atomic E-state index is 0.358. The van der Waals surface area contributed by atoms with Crippen LogP contribution >= 0.6 is 0 Å². The van der Waals surface area contributed by atoms with Crippen molar-refractivity contribution in [3.63, 3.8) is 0 Å². The Bertz CT molecular complexity index is 423. The second kappa shape index (κ2) is 8.91. The van der Waals surface area contributed by atoms with Crippen molar-refractivity contribution >= 4 is 11.9 Å². The predicted octanol–water partition coefficient (Wildman–Crippen LogP) is 2.28. The molecule has 0 unspecified atom stereocenters. The molecule has 0 saturated carbocycles. The molecule has 0 aliphatic rings. The fourth-order valence-electron chi connectivity index (χ4n) is 1.50. The number of aryl methyl sites for hydroxylation is 1. The smallest absolute Gasteiger partial charge is 0.331 e. The van der Waals surface area contributed by atoms with E-state index >= 15 is 0 Å². The molecule has 19 heavy (non-hydrogen) atoms. The number of esters is 2. The molecule has 0 radical (unpaired) electrons. The van der Waals surface area contributed by atoms with Crippen LogP contribution in [0.25, 0.3) is 0 Å². The van der Waals surface area contributed by atoms with E-state index in [-0.39, 0.29) is 0 Å². The van der Waals surface area contributed by atoms with Gasteiger partial charge in [0.1, 0.15) is 0 Å². The highest BCUT2D eigenvalue weighted by Crippen LogP contribution is 2.04. The average Bonchev–Trinajstić information content (AvgIpc) is 2.45. The first-order valence-electron chi connectivity index (χ1n) is 6.19. The summed E-state index contributed by atoms with van der Waals surface area (Å²) in [6.07, 6.45) is 4.84. The number of carbonyl (C=O) groups excluding carboxylic acids is 2. The van der Waals surface area contributed by atoms with E-state index in [0.717, 1.165) is 31.4 Å². The topological polar surface area (TPSA) is 52.6 Å². The van der Waals surface area contributed by atoms with Gasteiger partial charge in [-0.2, -0.15) is 0 Å². The highest BCUT2D eigenvalue weighted by atomic mass is 16.5. The van der Waals surface area contributed by atoms with Crippen molar-refractivity contribution in [1.29, 1.82) is 0 Å². The van der Waals surface area contributed by atoms with Gasteiger partial charge < -0.3 is 9.47 Å². The molecule has 0 fully saturated rings. The molecular formula is C15H18O4. The lowest BCUT2D eigenvalue weighted by atomic mass is 10.1.